The van der Waals surface area contributed by atoms with Crippen molar-refractivity contribution in [2.45, 2.75) is 25.4 Å². The Morgan fingerprint density at radius 1 is 1.00 bits per heavy atom. The Hall–Kier alpha value is -2.62. The zero-order valence-electron chi connectivity index (χ0n) is 14.9. The number of benzene rings is 3. The first-order valence-corrected chi connectivity index (χ1v) is 9.66. The second-order valence-electron chi connectivity index (χ2n) is 7.20. The average molecular weight is 374 g/mol. The van der Waals surface area contributed by atoms with E-state index in [1.54, 1.807) is 6.33 Å². The van der Waals surface area contributed by atoms with Crippen LogP contribution < -0.4 is 5.32 Å². The molecule has 4 heteroatoms. The summed E-state index contributed by atoms with van der Waals surface area (Å²) in [4.78, 5) is 7.43. The molecule has 1 aliphatic rings. The zero-order chi connectivity index (χ0) is 18.2. The molecular formula is C23H20ClN3. The number of hydrogen-bond donors (Lipinski definition) is 2. The highest BCUT2D eigenvalue weighted by molar-refractivity contribution is 6.33. The van der Waals surface area contributed by atoms with Gasteiger partial charge in [-0.3, -0.25) is 0 Å². The molecule has 27 heavy (non-hydrogen) atoms. The molecule has 2 N–H and O–H groups in total. The van der Waals surface area contributed by atoms with Gasteiger partial charge < -0.3 is 10.3 Å². The molecule has 3 aromatic carbocycles. The minimum absolute atomic E-state index is 0.503. The Balaban J connectivity index is 1.30. The Bertz CT molecular complexity index is 1090. The topological polar surface area (TPSA) is 40.7 Å². The summed E-state index contributed by atoms with van der Waals surface area (Å²) in [6.07, 6.45) is 3.92. The van der Waals surface area contributed by atoms with E-state index < -0.39 is 0 Å². The number of fused-ring (bicyclic) bond motifs is 2. The van der Waals surface area contributed by atoms with Crippen LogP contribution in [-0.4, -0.2) is 16.0 Å². The van der Waals surface area contributed by atoms with Crippen LogP contribution in [0.1, 0.15) is 16.7 Å². The third-order valence-corrected chi connectivity index (χ3v) is 5.72. The van der Waals surface area contributed by atoms with Crippen LogP contribution >= 0.6 is 11.6 Å². The van der Waals surface area contributed by atoms with E-state index >= 15 is 0 Å². The van der Waals surface area contributed by atoms with Gasteiger partial charge in [-0.2, -0.15) is 0 Å². The van der Waals surface area contributed by atoms with E-state index in [-0.39, 0.29) is 0 Å². The van der Waals surface area contributed by atoms with Crippen molar-refractivity contribution in [3.63, 3.8) is 0 Å². The number of aromatic nitrogens is 2. The van der Waals surface area contributed by atoms with Crippen molar-refractivity contribution in [1.82, 2.24) is 15.3 Å². The lowest BCUT2D eigenvalue weighted by Gasteiger charge is -2.13. The lowest BCUT2D eigenvalue weighted by molar-refractivity contribution is 0.533. The standard InChI is InChI=1S/C23H20ClN3/c24-21-9-15(13-25-19-10-16-3-1-2-4-17(16)11-19)5-7-20(21)18-6-8-22-23(12-18)27-14-26-22/h1-9,12,14,19,25H,10-11,13H2,(H,26,27). The summed E-state index contributed by atoms with van der Waals surface area (Å²) in [5.74, 6) is 0. The van der Waals surface area contributed by atoms with E-state index in [0.29, 0.717) is 6.04 Å². The molecule has 0 spiro atoms. The average Bonchev–Trinajstić information content (AvgIpc) is 3.32. The fourth-order valence-corrected chi connectivity index (χ4v) is 4.28. The van der Waals surface area contributed by atoms with Gasteiger partial charge in [0.25, 0.3) is 0 Å². The van der Waals surface area contributed by atoms with E-state index in [9.17, 15) is 0 Å². The number of rotatable bonds is 4. The zero-order valence-corrected chi connectivity index (χ0v) is 15.6. The van der Waals surface area contributed by atoms with Crippen molar-refractivity contribution in [2.24, 2.45) is 0 Å². The van der Waals surface area contributed by atoms with Crippen LogP contribution in [-0.2, 0) is 19.4 Å². The highest BCUT2D eigenvalue weighted by Crippen LogP contribution is 2.30. The van der Waals surface area contributed by atoms with Crippen LogP contribution in [0.25, 0.3) is 22.2 Å². The van der Waals surface area contributed by atoms with Crippen LogP contribution in [0.5, 0.6) is 0 Å². The number of H-pyrrole nitrogens is 1. The Labute approximate surface area is 163 Å². The molecule has 0 atom stereocenters. The molecule has 1 aromatic heterocycles. The van der Waals surface area contributed by atoms with Gasteiger partial charge in [0.05, 0.1) is 17.4 Å². The molecule has 5 rings (SSSR count). The van der Waals surface area contributed by atoms with Gasteiger partial charge in [-0.05, 0) is 53.3 Å². The molecule has 0 unspecified atom stereocenters. The van der Waals surface area contributed by atoms with Crippen molar-refractivity contribution in [1.29, 1.82) is 0 Å². The quantitative estimate of drug-likeness (QED) is 0.520. The Morgan fingerprint density at radius 2 is 1.81 bits per heavy atom. The lowest BCUT2D eigenvalue weighted by Crippen LogP contribution is -2.28. The highest BCUT2D eigenvalue weighted by atomic mass is 35.5. The van der Waals surface area contributed by atoms with Gasteiger partial charge in [-0.15, -0.1) is 0 Å². The first-order valence-electron chi connectivity index (χ1n) is 9.28. The lowest BCUT2D eigenvalue weighted by atomic mass is 10.0. The van der Waals surface area contributed by atoms with Crippen molar-refractivity contribution in [2.75, 3.05) is 0 Å². The third-order valence-electron chi connectivity index (χ3n) is 5.41. The summed E-state index contributed by atoms with van der Waals surface area (Å²) in [6, 6.07) is 21.7. The summed E-state index contributed by atoms with van der Waals surface area (Å²) in [6.45, 7) is 0.832. The predicted molar refractivity (Wildman–Crippen MR) is 111 cm³/mol. The van der Waals surface area contributed by atoms with Gasteiger partial charge in [0.1, 0.15) is 0 Å². The second kappa shape index (κ2) is 6.84. The molecule has 0 saturated carbocycles. The van der Waals surface area contributed by atoms with Gasteiger partial charge in [0.15, 0.2) is 0 Å². The van der Waals surface area contributed by atoms with Crippen LogP contribution in [0.3, 0.4) is 0 Å². The van der Waals surface area contributed by atoms with Crippen LogP contribution in [0, 0.1) is 0 Å². The maximum absolute atomic E-state index is 6.60. The summed E-state index contributed by atoms with van der Waals surface area (Å²) < 4.78 is 0. The van der Waals surface area contributed by atoms with Gasteiger partial charge in [0.2, 0.25) is 0 Å². The Morgan fingerprint density at radius 3 is 2.59 bits per heavy atom. The van der Waals surface area contributed by atoms with Crippen LogP contribution in [0.2, 0.25) is 5.02 Å². The molecular weight excluding hydrogens is 354 g/mol. The van der Waals surface area contributed by atoms with Crippen molar-refractivity contribution in [3.05, 3.63) is 88.7 Å². The van der Waals surface area contributed by atoms with E-state index in [1.165, 1.54) is 16.7 Å². The van der Waals surface area contributed by atoms with Gasteiger partial charge in [-0.25, -0.2) is 4.98 Å². The van der Waals surface area contributed by atoms with E-state index in [2.05, 4.69) is 69.9 Å². The molecule has 3 nitrogen and oxygen atoms in total. The molecule has 0 amide bonds. The normalized spacial score (nSPS) is 14.0. The predicted octanol–water partition coefficient (Wildman–Crippen LogP) is 5.14. The number of imidazole rings is 1. The summed E-state index contributed by atoms with van der Waals surface area (Å²) >= 11 is 6.60. The molecule has 1 aliphatic carbocycles. The monoisotopic (exact) mass is 373 g/mol. The molecule has 1 heterocycles. The first-order chi connectivity index (χ1) is 13.3. The van der Waals surface area contributed by atoms with Crippen molar-refractivity contribution >= 4 is 22.6 Å². The minimum atomic E-state index is 0.503. The molecule has 4 aromatic rings. The van der Waals surface area contributed by atoms with Crippen molar-refractivity contribution < 1.29 is 0 Å². The number of nitrogens with zero attached hydrogens (tertiary/aromatic N) is 1. The molecule has 0 aliphatic heterocycles. The number of aromatic amines is 1. The second-order valence-corrected chi connectivity index (χ2v) is 7.61. The molecule has 0 radical (unpaired) electrons. The molecule has 0 fully saturated rings. The molecule has 0 saturated heterocycles. The van der Waals surface area contributed by atoms with E-state index in [0.717, 1.165) is 46.6 Å². The van der Waals surface area contributed by atoms with E-state index in [1.807, 2.05) is 6.07 Å². The van der Waals surface area contributed by atoms with E-state index in [4.69, 9.17) is 11.6 Å². The number of halogens is 1. The highest BCUT2D eigenvalue weighted by Gasteiger charge is 2.20. The number of nitrogens with one attached hydrogen (secondary N) is 2. The Kier molecular flexibility index (Phi) is 4.19. The summed E-state index contributed by atoms with van der Waals surface area (Å²) in [7, 11) is 0. The fraction of sp³-hybridized carbons (Fsp3) is 0.174. The fourth-order valence-electron chi connectivity index (χ4n) is 3.97. The van der Waals surface area contributed by atoms with Gasteiger partial charge in [-0.1, -0.05) is 54.1 Å². The largest absolute Gasteiger partial charge is 0.345 e. The minimum Gasteiger partial charge on any atom is -0.345 e. The van der Waals surface area contributed by atoms with Crippen LogP contribution in [0.15, 0.2) is 67.0 Å². The number of hydrogen-bond acceptors (Lipinski definition) is 2. The third kappa shape index (κ3) is 3.25. The molecule has 134 valence electrons. The maximum atomic E-state index is 6.60. The maximum Gasteiger partial charge on any atom is 0.0931 e. The first kappa shape index (κ1) is 16.5. The summed E-state index contributed by atoms with van der Waals surface area (Å²) in [5.41, 5.74) is 8.29. The SMILES string of the molecule is Clc1cc(CNC2Cc3ccccc3C2)ccc1-c1ccc2nc[nH]c2c1. The van der Waals surface area contributed by atoms with Crippen LogP contribution in [0.4, 0.5) is 0 Å². The van der Waals surface area contributed by atoms with Gasteiger partial charge >= 0.3 is 0 Å². The van der Waals surface area contributed by atoms with Gasteiger partial charge in [0, 0.05) is 23.2 Å². The summed E-state index contributed by atoms with van der Waals surface area (Å²) in [5, 5.41) is 4.46. The van der Waals surface area contributed by atoms with Crippen molar-refractivity contribution in [3.8, 4) is 11.1 Å². The molecule has 0 bridgehead atoms. The smallest absolute Gasteiger partial charge is 0.0931 e.